The number of piperidine rings is 2. The number of benzene rings is 1. The Hall–Kier alpha value is -2.38. The summed E-state index contributed by atoms with van der Waals surface area (Å²) < 4.78 is 11.0. The number of carbonyl (C=O) groups is 1. The van der Waals surface area contributed by atoms with Gasteiger partial charge >= 0.3 is 5.63 Å². The third-order valence-electron chi connectivity index (χ3n) is 6.91. The molecule has 30 heavy (non-hydrogen) atoms. The molecule has 3 heterocycles. The Morgan fingerprint density at radius 3 is 2.90 bits per heavy atom. The zero-order chi connectivity index (χ0) is 21.3. The normalized spacial score (nSPS) is 24.6. The first-order valence-electron chi connectivity index (χ1n) is 10.7. The maximum atomic E-state index is 12.8. The Morgan fingerprint density at radius 1 is 1.30 bits per heavy atom. The van der Waals surface area contributed by atoms with Crippen LogP contribution in [-0.2, 0) is 11.2 Å². The van der Waals surface area contributed by atoms with Gasteiger partial charge in [0.2, 0.25) is 0 Å². The van der Waals surface area contributed by atoms with E-state index in [0.29, 0.717) is 24.4 Å². The molecule has 1 aromatic carbocycles. The van der Waals surface area contributed by atoms with Crippen molar-refractivity contribution in [3.63, 3.8) is 0 Å². The van der Waals surface area contributed by atoms with E-state index in [4.69, 9.17) is 9.15 Å². The van der Waals surface area contributed by atoms with Crippen molar-refractivity contribution in [1.29, 1.82) is 0 Å². The topological polar surface area (TPSA) is 83.2 Å². The first-order chi connectivity index (χ1) is 14.5. The van der Waals surface area contributed by atoms with Crippen molar-refractivity contribution in [2.24, 2.45) is 5.41 Å². The lowest BCUT2D eigenvalue weighted by Crippen LogP contribution is -2.62. The van der Waals surface area contributed by atoms with E-state index in [1.807, 2.05) is 17.9 Å². The van der Waals surface area contributed by atoms with Gasteiger partial charge in [-0.15, -0.1) is 0 Å². The maximum absolute atomic E-state index is 12.8. The SMILES string of the molecule is CCc1cc(=O)oc2cc(OCC(=O)N3CC[C@@]4(CO)CCCN(C)[C@@H]4C3)ccc12. The zero-order valence-electron chi connectivity index (χ0n) is 17.7. The van der Waals surface area contributed by atoms with Crippen LogP contribution in [0.2, 0.25) is 0 Å². The molecule has 1 N–H and O–H groups in total. The van der Waals surface area contributed by atoms with Crippen molar-refractivity contribution in [2.45, 2.75) is 38.6 Å². The molecule has 0 radical (unpaired) electrons. The van der Waals surface area contributed by atoms with Crippen molar-refractivity contribution in [3.8, 4) is 5.75 Å². The van der Waals surface area contributed by atoms with E-state index in [-0.39, 0.29) is 36.2 Å². The van der Waals surface area contributed by atoms with Crippen molar-refractivity contribution in [2.75, 3.05) is 39.9 Å². The summed E-state index contributed by atoms with van der Waals surface area (Å²) in [6.45, 7) is 4.34. The van der Waals surface area contributed by atoms with Crippen LogP contribution >= 0.6 is 0 Å². The second-order valence-electron chi connectivity index (χ2n) is 8.60. The van der Waals surface area contributed by atoms with Gasteiger partial charge < -0.3 is 24.1 Å². The molecule has 2 saturated heterocycles. The second kappa shape index (κ2) is 8.40. The minimum Gasteiger partial charge on any atom is -0.484 e. The monoisotopic (exact) mass is 414 g/mol. The molecule has 7 heteroatoms. The van der Waals surface area contributed by atoms with Crippen molar-refractivity contribution >= 4 is 16.9 Å². The summed E-state index contributed by atoms with van der Waals surface area (Å²) in [7, 11) is 2.08. The van der Waals surface area contributed by atoms with E-state index in [1.54, 1.807) is 12.1 Å². The highest BCUT2D eigenvalue weighted by Crippen LogP contribution is 2.41. The van der Waals surface area contributed by atoms with Crippen LogP contribution in [0.1, 0.15) is 31.7 Å². The highest BCUT2D eigenvalue weighted by Gasteiger charge is 2.47. The Morgan fingerprint density at radius 2 is 2.13 bits per heavy atom. The molecule has 4 rings (SSSR count). The smallest absolute Gasteiger partial charge is 0.336 e. The predicted molar refractivity (Wildman–Crippen MR) is 114 cm³/mol. The molecule has 1 amide bonds. The van der Waals surface area contributed by atoms with Crippen LogP contribution in [0, 0.1) is 5.41 Å². The Balaban J connectivity index is 1.43. The van der Waals surface area contributed by atoms with E-state index in [2.05, 4.69) is 11.9 Å². The van der Waals surface area contributed by atoms with E-state index in [9.17, 15) is 14.7 Å². The van der Waals surface area contributed by atoms with Gasteiger partial charge in [-0.2, -0.15) is 0 Å². The summed E-state index contributed by atoms with van der Waals surface area (Å²) in [5.41, 5.74) is 0.919. The van der Waals surface area contributed by atoms with E-state index in [1.165, 1.54) is 6.07 Å². The summed E-state index contributed by atoms with van der Waals surface area (Å²) in [5.74, 6) is 0.438. The van der Waals surface area contributed by atoms with Crippen LogP contribution in [-0.4, -0.2) is 66.8 Å². The molecule has 0 bridgehead atoms. The van der Waals surface area contributed by atoms with Gasteiger partial charge in [-0.1, -0.05) is 6.92 Å². The summed E-state index contributed by atoms with van der Waals surface area (Å²) >= 11 is 0. The van der Waals surface area contributed by atoms with Crippen LogP contribution < -0.4 is 10.4 Å². The van der Waals surface area contributed by atoms with Gasteiger partial charge in [-0.25, -0.2) is 4.79 Å². The molecule has 2 fully saturated rings. The molecule has 2 aliphatic rings. The number of aliphatic hydroxyl groups excluding tert-OH is 1. The lowest BCUT2D eigenvalue weighted by atomic mass is 9.69. The van der Waals surface area contributed by atoms with Crippen LogP contribution in [0.3, 0.4) is 0 Å². The molecular formula is C23H30N2O5. The van der Waals surface area contributed by atoms with Crippen molar-refractivity contribution < 1.29 is 19.1 Å². The minimum atomic E-state index is -0.384. The van der Waals surface area contributed by atoms with Gasteiger partial charge in [-0.3, -0.25) is 4.79 Å². The van der Waals surface area contributed by atoms with Crippen LogP contribution in [0.4, 0.5) is 0 Å². The molecule has 2 atom stereocenters. The zero-order valence-corrected chi connectivity index (χ0v) is 17.7. The first-order valence-corrected chi connectivity index (χ1v) is 10.7. The number of hydrogen-bond donors (Lipinski definition) is 1. The van der Waals surface area contributed by atoms with E-state index in [0.717, 1.165) is 43.2 Å². The van der Waals surface area contributed by atoms with Gasteiger partial charge in [0.25, 0.3) is 5.91 Å². The molecule has 7 nitrogen and oxygen atoms in total. The van der Waals surface area contributed by atoms with E-state index >= 15 is 0 Å². The predicted octanol–water partition coefficient (Wildman–Crippen LogP) is 2.04. The number of hydrogen-bond acceptors (Lipinski definition) is 6. The van der Waals surface area contributed by atoms with Crippen LogP contribution in [0.15, 0.2) is 33.5 Å². The third-order valence-corrected chi connectivity index (χ3v) is 6.91. The average molecular weight is 415 g/mol. The van der Waals surface area contributed by atoms with Gasteiger partial charge in [-0.05, 0) is 57.0 Å². The lowest BCUT2D eigenvalue weighted by Gasteiger charge is -2.53. The van der Waals surface area contributed by atoms with Gasteiger partial charge in [0.05, 0.1) is 6.61 Å². The highest BCUT2D eigenvalue weighted by atomic mass is 16.5. The number of carbonyl (C=O) groups excluding carboxylic acids is 1. The number of rotatable bonds is 5. The number of aryl methyl sites for hydroxylation is 1. The molecule has 1 aromatic heterocycles. The second-order valence-corrected chi connectivity index (χ2v) is 8.60. The molecule has 162 valence electrons. The van der Waals surface area contributed by atoms with Crippen molar-refractivity contribution in [1.82, 2.24) is 9.80 Å². The molecule has 0 aliphatic carbocycles. The molecule has 2 aliphatic heterocycles. The third kappa shape index (κ3) is 3.84. The quantitative estimate of drug-likeness (QED) is 0.754. The van der Waals surface area contributed by atoms with Gasteiger partial charge in [0.1, 0.15) is 11.3 Å². The summed E-state index contributed by atoms with van der Waals surface area (Å²) in [6.07, 6.45) is 3.65. The largest absolute Gasteiger partial charge is 0.484 e. The maximum Gasteiger partial charge on any atom is 0.336 e. The number of fused-ring (bicyclic) bond motifs is 2. The Kier molecular flexibility index (Phi) is 5.84. The molecular weight excluding hydrogens is 384 g/mol. The molecule has 0 saturated carbocycles. The molecule has 0 spiro atoms. The highest BCUT2D eigenvalue weighted by molar-refractivity contribution is 5.82. The number of likely N-dealkylation sites (N-methyl/N-ethyl adjacent to an activating group) is 1. The van der Waals surface area contributed by atoms with Crippen LogP contribution in [0.25, 0.3) is 11.0 Å². The Bertz CT molecular complexity index is 987. The Labute approximate surface area is 176 Å². The fourth-order valence-corrected chi connectivity index (χ4v) is 5.07. The van der Waals surface area contributed by atoms with Crippen molar-refractivity contribution in [3.05, 3.63) is 40.2 Å². The van der Waals surface area contributed by atoms with Gasteiger partial charge in [0, 0.05) is 42.1 Å². The van der Waals surface area contributed by atoms with E-state index < -0.39 is 0 Å². The average Bonchev–Trinajstić information content (AvgIpc) is 2.76. The minimum absolute atomic E-state index is 0.0637. The number of aliphatic hydroxyl groups is 1. The first kappa shape index (κ1) is 20.9. The number of ether oxygens (including phenoxy) is 1. The lowest BCUT2D eigenvalue weighted by molar-refractivity contribution is -0.141. The van der Waals surface area contributed by atoms with Gasteiger partial charge in [0.15, 0.2) is 6.61 Å². The fraction of sp³-hybridized carbons (Fsp3) is 0.565. The molecule has 2 aromatic rings. The number of likely N-dealkylation sites (tertiary alicyclic amines) is 2. The summed E-state index contributed by atoms with van der Waals surface area (Å²) in [6, 6.07) is 7.03. The molecule has 0 unspecified atom stereocenters. The summed E-state index contributed by atoms with van der Waals surface area (Å²) in [4.78, 5) is 28.7. The fourth-order valence-electron chi connectivity index (χ4n) is 5.07. The van der Waals surface area contributed by atoms with Crippen LogP contribution in [0.5, 0.6) is 5.75 Å². The standard InChI is InChI=1S/C23H30N2O5/c1-3-16-11-22(28)30-19-12-17(5-6-18(16)19)29-14-21(27)25-10-8-23(15-26)7-4-9-24(2)20(23)13-25/h5-6,11-12,20,26H,3-4,7-10,13-15H2,1-2H3/t20-,23-/m1/s1. The number of amides is 1. The number of nitrogens with zero attached hydrogens (tertiary/aromatic N) is 2. The summed E-state index contributed by atoms with van der Waals surface area (Å²) in [5, 5.41) is 10.9.